The van der Waals surface area contributed by atoms with Crippen LogP contribution in [0.3, 0.4) is 0 Å². The standard InChI is InChI=1S/C17H27NO2/c1-12-9-14(13(2)19-12)15-10-18-11-17(20-15)7-5-16(3,4)6-8-17/h9,15,18H,5-8,10-11H2,1-4H3. The Hall–Kier alpha value is -0.800. The highest BCUT2D eigenvalue weighted by molar-refractivity contribution is 5.24. The first kappa shape index (κ1) is 14.2. The average Bonchev–Trinajstić information content (AvgIpc) is 2.73. The van der Waals surface area contributed by atoms with Crippen molar-refractivity contribution >= 4 is 0 Å². The van der Waals surface area contributed by atoms with E-state index in [1.54, 1.807) is 0 Å². The Kier molecular flexibility index (Phi) is 3.46. The molecule has 3 heteroatoms. The lowest BCUT2D eigenvalue weighted by molar-refractivity contribution is -0.147. The van der Waals surface area contributed by atoms with Gasteiger partial charge < -0.3 is 14.5 Å². The number of furan rings is 1. The van der Waals surface area contributed by atoms with Gasteiger partial charge in [-0.25, -0.2) is 0 Å². The summed E-state index contributed by atoms with van der Waals surface area (Å²) in [7, 11) is 0. The fourth-order valence-corrected chi connectivity index (χ4v) is 3.64. The average molecular weight is 277 g/mol. The van der Waals surface area contributed by atoms with Gasteiger partial charge in [0.05, 0.1) is 11.7 Å². The topological polar surface area (TPSA) is 34.4 Å². The van der Waals surface area contributed by atoms with Crippen LogP contribution >= 0.6 is 0 Å². The zero-order valence-corrected chi connectivity index (χ0v) is 13.2. The summed E-state index contributed by atoms with van der Waals surface area (Å²) in [6.45, 7) is 10.7. The van der Waals surface area contributed by atoms with Crippen molar-refractivity contribution in [2.45, 2.75) is 65.1 Å². The first-order chi connectivity index (χ1) is 9.39. The van der Waals surface area contributed by atoms with Gasteiger partial charge in [-0.3, -0.25) is 0 Å². The first-order valence-electron chi connectivity index (χ1n) is 7.85. The zero-order chi connectivity index (χ0) is 14.4. The second kappa shape index (κ2) is 4.88. The van der Waals surface area contributed by atoms with Crippen LogP contribution in [0.25, 0.3) is 0 Å². The molecule has 1 aromatic heterocycles. The van der Waals surface area contributed by atoms with Crippen LogP contribution in [0.5, 0.6) is 0 Å². The van der Waals surface area contributed by atoms with Crippen molar-refractivity contribution in [1.29, 1.82) is 0 Å². The van der Waals surface area contributed by atoms with Gasteiger partial charge in [-0.1, -0.05) is 13.8 Å². The van der Waals surface area contributed by atoms with Crippen molar-refractivity contribution < 1.29 is 9.15 Å². The summed E-state index contributed by atoms with van der Waals surface area (Å²) in [5.41, 5.74) is 1.73. The lowest BCUT2D eigenvalue weighted by atomic mass is 9.70. The van der Waals surface area contributed by atoms with Gasteiger partial charge in [-0.05, 0) is 51.0 Å². The third kappa shape index (κ3) is 2.66. The third-order valence-electron chi connectivity index (χ3n) is 5.11. The Bertz CT molecular complexity index is 479. The smallest absolute Gasteiger partial charge is 0.106 e. The molecule has 1 atom stereocenters. The molecule has 1 saturated carbocycles. The summed E-state index contributed by atoms with van der Waals surface area (Å²) in [6.07, 6.45) is 4.98. The molecule has 20 heavy (non-hydrogen) atoms. The summed E-state index contributed by atoms with van der Waals surface area (Å²) in [6, 6.07) is 2.13. The van der Waals surface area contributed by atoms with E-state index in [1.165, 1.54) is 31.2 Å². The van der Waals surface area contributed by atoms with Crippen LogP contribution in [0, 0.1) is 19.3 Å². The van der Waals surface area contributed by atoms with Gasteiger partial charge in [0.15, 0.2) is 0 Å². The molecule has 0 aromatic carbocycles. The number of morpholine rings is 1. The molecular formula is C17H27NO2. The van der Waals surface area contributed by atoms with Gasteiger partial charge >= 0.3 is 0 Å². The minimum atomic E-state index is 0.0377. The number of ether oxygens (including phenoxy) is 1. The van der Waals surface area contributed by atoms with Crippen molar-refractivity contribution in [3.05, 3.63) is 23.2 Å². The van der Waals surface area contributed by atoms with Gasteiger partial charge in [0.2, 0.25) is 0 Å². The molecule has 1 aromatic rings. The van der Waals surface area contributed by atoms with Crippen LogP contribution in [0.2, 0.25) is 0 Å². The highest BCUT2D eigenvalue weighted by atomic mass is 16.5. The quantitative estimate of drug-likeness (QED) is 0.845. The van der Waals surface area contributed by atoms with E-state index < -0.39 is 0 Å². The molecule has 2 aliphatic rings. The summed E-state index contributed by atoms with van der Waals surface area (Å²) < 4.78 is 12.2. The number of hydrogen-bond donors (Lipinski definition) is 1. The predicted octanol–water partition coefficient (Wildman–Crippen LogP) is 3.90. The highest BCUT2D eigenvalue weighted by Crippen LogP contribution is 2.45. The molecule has 112 valence electrons. The van der Waals surface area contributed by atoms with Crippen molar-refractivity contribution in [3.8, 4) is 0 Å². The molecule has 2 heterocycles. The lowest BCUT2D eigenvalue weighted by Gasteiger charge is -2.48. The summed E-state index contributed by atoms with van der Waals surface area (Å²) in [4.78, 5) is 0. The molecule has 0 radical (unpaired) electrons. The summed E-state index contributed by atoms with van der Waals surface area (Å²) in [5, 5.41) is 3.59. The number of rotatable bonds is 1. The van der Waals surface area contributed by atoms with Gasteiger partial charge in [0, 0.05) is 18.7 Å². The van der Waals surface area contributed by atoms with Gasteiger partial charge in [-0.2, -0.15) is 0 Å². The number of nitrogens with one attached hydrogen (secondary N) is 1. The maximum absolute atomic E-state index is 6.57. The molecule has 1 aliphatic carbocycles. The Morgan fingerprint density at radius 1 is 1.15 bits per heavy atom. The molecule has 1 unspecified atom stereocenters. The maximum atomic E-state index is 6.57. The van der Waals surface area contributed by atoms with E-state index in [0.717, 1.165) is 24.6 Å². The Labute approximate surface area is 122 Å². The van der Waals surface area contributed by atoms with Crippen LogP contribution in [-0.4, -0.2) is 18.7 Å². The van der Waals surface area contributed by atoms with E-state index in [9.17, 15) is 0 Å². The van der Waals surface area contributed by atoms with Crippen LogP contribution in [0.15, 0.2) is 10.5 Å². The van der Waals surface area contributed by atoms with Gasteiger partial charge in [-0.15, -0.1) is 0 Å². The normalized spacial score (nSPS) is 28.7. The molecule has 0 amide bonds. The first-order valence-corrected chi connectivity index (χ1v) is 7.85. The number of aryl methyl sites for hydroxylation is 2. The van der Waals surface area contributed by atoms with E-state index >= 15 is 0 Å². The minimum absolute atomic E-state index is 0.0377. The van der Waals surface area contributed by atoms with E-state index in [0.29, 0.717) is 5.41 Å². The molecule has 3 rings (SSSR count). The monoisotopic (exact) mass is 277 g/mol. The fourth-order valence-electron chi connectivity index (χ4n) is 3.64. The largest absolute Gasteiger partial charge is 0.466 e. The minimum Gasteiger partial charge on any atom is -0.466 e. The molecular weight excluding hydrogens is 250 g/mol. The molecule has 1 spiro atoms. The predicted molar refractivity (Wildman–Crippen MR) is 79.9 cm³/mol. The van der Waals surface area contributed by atoms with E-state index in [-0.39, 0.29) is 11.7 Å². The van der Waals surface area contributed by atoms with Crippen LogP contribution in [0.4, 0.5) is 0 Å². The van der Waals surface area contributed by atoms with E-state index in [1.807, 2.05) is 13.8 Å². The molecule has 2 fully saturated rings. The summed E-state index contributed by atoms with van der Waals surface area (Å²) >= 11 is 0. The van der Waals surface area contributed by atoms with Gasteiger partial charge in [0.1, 0.15) is 11.5 Å². The SMILES string of the molecule is Cc1cc(C2CNCC3(CCC(C)(C)CC3)O2)c(C)o1. The maximum Gasteiger partial charge on any atom is 0.106 e. The van der Waals surface area contributed by atoms with Crippen LogP contribution in [0.1, 0.15) is 62.7 Å². The second-order valence-corrected chi connectivity index (χ2v) is 7.45. The molecule has 1 aliphatic heterocycles. The van der Waals surface area contributed by atoms with Crippen LogP contribution in [-0.2, 0) is 4.74 Å². The molecule has 1 N–H and O–H groups in total. The Balaban J connectivity index is 1.75. The van der Waals surface area contributed by atoms with Crippen molar-refractivity contribution in [2.75, 3.05) is 13.1 Å². The van der Waals surface area contributed by atoms with Crippen molar-refractivity contribution in [1.82, 2.24) is 5.32 Å². The third-order valence-corrected chi connectivity index (χ3v) is 5.11. The highest BCUT2D eigenvalue weighted by Gasteiger charge is 2.43. The molecule has 1 saturated heterocycles. The van der Waals surface area contributed by atoms with E-state index in [4.69, 9.17) is 9.15 Å². The second-order valence-electron chi connectivity index (χ2n) is 7.45. The zero-order valence-electron chi connectivity index (χ0n) is 13.2. The van der Waals surface area contributed by atoms with E-state index in [2.05, 4.69) is 25.2 Å². The molecule has 3 nitrogen and oxygen atoms in total. The van der Waals surface area contributed by atoms with Gasteiger partial charge in [0.25, 0.3) is 0 Å². The van der Waals surface area contributed by atoms with Crippen molar-refractivity contribution in [2.24, 2.45) is 5.41 Å². The Morgan fingerprint density at radius 3 is 2.45 bits per heavy atom. The fraction of sp³-hybridized carbons (Fsp3) is 0.765. The lowest BCUT2D eigenvalue weighted by Crippen LogP contribution is -2.53. The summed E-state index contributed by atoms with van der Waals surface area (Å²) in [5.74, 6) is 1.98. The van der Waals surface area contributed by atoms with Crippen LogP contribution < -0.4 is 5.32 Å². The van der Waals surface area contributed by atoms with Crippen molar-refractivity contribution in [3.63, 3.8) is 0 Å². The number of hydrogen-bond acceptors (Lipinski definition) is 3. The Morgan fingerprint density at radius 2 is 1.85 bits per heavy atom. The molecule has 0 bridgehead atoms.